The molecular weight excluding hydrogens is 194 g/mol. The molecule has 14 heavy (non-hydrogen) atoms. The van der Waals surface area contributed by atoms with Crippen LogP contribution >= 0.6 is 11.8 Å². The Balaban J connectivity index is 3.89. The molecule has 0 saturated heterocycles. The third-order valence-corrected chi connectivity index (χ3v) is 3.02. The Bertz CT molecular complexity index is 159. The van der Waals surface area contributed by atoms with Gasteiger partial charge in [-0.25, -0.2) is 0 Å². The number of hydrogen-bond acceptors (Lipinski definition) is 2. The topological polar surface area (TPSA) is 20.3 Å². The first-order valence-electron chi connectivity index (χ1n) is 5.56. The third kappa shape index (κ3) is 5.53. The maximum absolute atomic E-state index is 11.7. The van der Waals surface area contributed by atoms with E-state index < -0.39 is 0 Å². The zero-order chi connectivity index (χ0) is 11.0. The van der Waals surface area contributed by atoms with Gasteiger partial charge in [-0.2, -0.15) is 0 Å². The van der Waals surface area contributed by atoms with Crippen LogP contribution in [0.3, 0.4) is 0 Å². The van der Waals surface area contributed by atoms with Crippen molar-refractivity contribution < 1.29 is 4.79 Å². The van der Waals surface area contributed by atoms with Crippen LogP contribution in [0.4, 0.5) is 4.79 Å². The molecule has 0 aromatic carbocycles. The van der Waals surface area contributed by atoms with E-state index in [-0.39, 0.29) is 5.24 Å². The van der Waals surface area contributed by atoms with Crippen LogP contribution in [0.25, 0.3) is 0 Å². The number of unbranched alkanes of at least 4 members (excludes halogenated alkanes) is 1. The number of carbonyl (C=O) groups excluding carboxylic acids is 1. The van der Waals surface area contributed by atoms with E-state index in [2.05, 4.69) is 27.7 Å². The Morgan fingerprint density at radius 2 is 1.93 bits per heavy atom. The van der Waals surface area contributed by atoms with Crippen molar-refractivity contribution >= 4 is 17.0 Å². The van der Waals surface area contributed by atoms with Crippen molar-refractivity contribution in [1.29, 1.82) is 0 Å². The molecule has 2 nitrogen and oxygen atoms in total. The van der Waals surface area contributed by atoms with Gasteiger partial charge in [0.1, 0.15) is 0 Å². The number of nitrogens with zero attached hydrogens (tertiary/aromatic N) is 1. The van der Waals surface area contributed by atoms with E-state index in [4.69, 9.17) is 0 Å². The minimum absolute atomic E-state index is 0.246. The van der Waals surface area contributed by atoms with Crippen LogP contribution in [0.5, 0.6) is 0 Å². The van der Waals surface area contributed by atoms with Crippen molar-refractivity contribution in [2.24, 2.45) is 0 Å². The van der Waals surface area contributed by atoms with Gasteiger partial charge in [0.15, 0.2) is 0 Å². The van der Waals surface area contributed by atoms with Gasteiger partial charge in [0, 0.05) is 18.3 Å². The summed E-state index contributed by atoms with van der Waals surface area (Å²) in [5.41, 5.74) is 0. The average Bonchev–Trinajstić information content (AvgIpc) is 2.13. The van der Waals surface area contributed by atoms with E-state index >= 15 is 0 Å². The summed E-state index contributed by atoms with van der Waals surface area (Å²) in [7, 11) is 0. The standard InChI is InChI=1S/C11H23NOS/c1-5-7-9-14-11(13)12(8-6-2)10(3)4/h10H,5-9H2,1-4H3. The van der Waals surface area contributed by atoms with Gasteiger partial charge in [-0.15, -0.1) is 0 Å². The van der Waals surface area contributed by atoms with Crippen molar-refractivity contribution in [3.05, 3.63) is 0 Å². The lowest BCUT2D eigenvalue weighted by molar-refractivity contribution is 0.209. The van der Waals surface area contributed by atoms with Crippen LogP contribution in [0, 0.1) is 0 Å². The van der Waals surface area contributed by atoms with E-state index in [1.54, 1.807) is 0 Å². The summed E-state index contributed by atoms with van der Waals surface area (Å²) in [4.78, 5) is 13.7. The summed E-state index contributed by atoms with van der Waals surface area (Å²) < 4.78 is 0. The Morgan fingerprint density at radius 3 is 2.36 bits per heavy atom. The average molecular weight is 217 g/mol. The maximum atomic E-state index is 11.7. The molecule has 0 aliphatic carbocycles. The first kappa shape index (κ1) is 13.8. The Labute approximate surface area is 92.4 Å². The molecule has 0 bridgehead atoms. The summed E-state index contributed by atoms with van der Waals surface area (Å²) in [6, 6.07) is 0.330. The van der Waals surface area contributed by atoms with Gasteiger partial charge >= 0.3 is 0 Å². The molecule has 0 spiro atoms. The fourth-order valence-electron chi connectivity index (χ4n) is 1.19. The highest BCUT2D eigenvalue weighted by molar-refractivity contribution is 8.13. The van der Waals surface area contributed by atoms with Gasteiger partial charge in [0.05, 0.1) is 0 Å². The molecule has 0 radical (unpaired) electrons. The molecule has 0 atom stereocenters. The van der Waals surface area contributed by atoms with E-state index in [1.165, 1.54) is 11.8 Å². The SMILES string of the molecule is CCCCSC(=O)N(CCC)C(C)C. The van der Waals surface area contributed by atoms with Crippen molar-refractivity contribution in [3.63, 3.8) is 0 Å². The summed E-state index contributed by atoms with van der Waals surface area (Å²) in [6.45, 7) is 9.30. The lowest BCUT2D eigenvalue weighted by Crippen LogP contribution is -2.35. The summed E-state index contributed by atoms with van der Waals surface area (Å²) in [5.74, 6) is 0.961. The molecule has 0 fully saturated rings. The van der Waals surface area contributed by atoms with Gasteiger partial charge in [-0.05, 0) is 26.7 Å². The molecule has 0 aromatic heterocycles. The molecule has 0 heterocycles. The molecule has 0 N–H and O–H groups in total. The maximum Gasteiger partial charge on any atom is 0.281 e. The minimum Gasteiger partial charge on any atom is -0.331 e. The van der Waals surface area contributed by atoms with E-state index in [9.17, 15) is 4.79 Å². The lowest BCUT2D eigenvalue weighted by Gasteiger charge is -2.25. The van der Waals surface area contributed by atoms with E-state index in [0.29, 0.717) is 6.04 Å². The van der Waals surface area contributed by atoms with Crippen molar-refractivity contribution in [2.45, 2.75) is 53.0 Å². The predicted octanol–water partition coefficient (Wildman–Crippen LogP) is 3.76. The second kappa shape index (κ2) is 8.16. The number of rotatable bonds is 6. The predicted molar refractivity (Wildman–Crippen MR) is 64.9 cm³/mol. The van der Waals surface area contributed by atoms with Crippen LogP contribution in [-0.4, -0.2) is 28.5 Å². The third-order valence-electron chi connectivity index (χ3n) is 2.05. The smallest absolute Gasteiger partial charge is 0.281 e. The summed E-state index contributed by atoms with van der Waals surface area (Å²) >= 11 is 1.46. The number of amides is 1. The molecule has 0 saturated carbocycles. The van der Waals surface area contributed by atoms with Crippen LogP contribution in [0.1, 0.15) is 47.0 Å². The van der Waals surface area contributed by atoms with E-state index in [1.807, 2.05) is 4.90 Å². The first-order chi connectivity index (χ1) is 6.63. The summed E-state index contributed by atoms with van der Waals surface area (Å²) in [5, 5.41) is 0.246. The number of hydrogen-bond donors (Lipinski definition) is 0. The van der Waals surface area contributed by atoms with Crippen molar-refractivity contribution in [1.82, 2.24) is 4.90 Å². The Hall–Kier alpha value is -0.180. The fraction of sp³-hybridized carbons (Fsp3) is 0.909. The Kier molecular flexibility index (Phi) is 8.05. The molecule has 0 rings (SSSR count). The van der Waals surface area contributed by atoms with Crippen LogP contribution in [-0.2, 0) is 0 Å². The molecule has 84 valence electrons. The summed E-state index contributed by atoms with van der Waals surface area (Å²) in [6.07, 6.45) is 3.34. The van der Waals surface area contributed by atoms with Gasteiger partial charge in [0.2, 0.25) is 0 Å². The molecule has 0 aliphatic rings. The fourth-order valence-corrected chi connectivity index (χ4v) is 2.26. The minimum atomic E-state index is 0.246. The second-order valence-electron chi connectivity index (χ2n) is 3.76. The van der Waals surface area contributed by atoms with Gasteiger partial charge in [-0.1, -0.05) is 32.0 Å². The molecule has 0 aromatic rings. The molecule has 0 aliphatic heterocycles. The molecule has 3 heteroatoms. The van der Waals surface area contributed by atoms with Crippen LogP contribution < -0.4 is 0 Å². The molecular formula is C11H23NOS. The largest absolute Gasteiger partial charge is 0.331 e. The number of thioether (sulfide) groups is 1. The van der Waals surface area contributed by atoms with Gasteiger partial charge in [-0.3, -0.25) is 4.79 Å². The highest BCUT2D eigenvalue weighted by Gasteiger charge is 2.15. The zero-order valence-electron chi connectivity index (χ0n) is 9.88. The highest BCUT2D eigenvalue weighted by atomic mass is 32.2. The normalized spacial score (nSPS) is 10.6. The molecule has 1 amide bonds. The van der Waals surface area contributed by atoms with E-state index in [0.717, 1.165) is 31.6 Å². The van der Waals surface area contributed by atoms with Gasteiger partial charge in [0.25, 0.3) is 5.24 Å². The quantitative estimate of drug-likeness (QED) is 0.631. The first-order valence-corrected chi connectivity index (χ1v) is 6.55. The second-order valence-corrected chi connectivity index (χ2v) is 4.80. The van der Waals surface area contributed by atoms with Gasteiger partial charge < -0.3 is 4.90 Å². The highest BCUT2D eigenvalue weighted by Crippen LogP contribution is 2.14. The molecule has 0 unspecified atom stereocenters. The monoisotopic (exact) mass is 217 g/mol. The number of carbonyl (C=O) groups is 1. The lowest BCUT2D eigenvalue weighted by atomic mass is 10.3. The van der Waals surface area contributed by atoms with Crippen molar-refractivity contribution in [2.75, 3.05) is 12.3 Å². The van der Waals surface area contributed by atoms with Crippen molar-refractivity contribution in [3.8, 4) is 0 Å². The van der Waals surface area contributed by atoms with Crippen LogP contribution in [0.15, 0.2) is 0 Å². The van der Waals surface area contributed by atoms with Crippen LogP contribution in [0.2, 0.25) is 0 Å². The Morgan fingerprint density at radius 1 is 1.29 bits per heavy atom. The zero-order valence-corrected chi connectivity index (χ0v) is 10.7.